The number of rotatable bonds is 0. The first-order valence-electron chi connectivity index (χ1n) is 5.56. The number of hydrogen-bond acceptors (Lipinski definition) is 3. The van der Waals surface area contributed by atoms with Crippen molar-refractivity contribution in [3.05, 3.63) is 46.9 Å². The van der Waals surface area contributed by atoms with Crippen molar-refractivity contribution in [2.75, 3.05) is 0 Å². The van der Waals surface area contributed by atoms with Gasteiger partial charge in [0, 0.05) is 9.86 Å². The minimum absolute atomic E-state index is 0.585. The topological polar surface area (TPSA) is 38.9 Å². The summed E-state index contributed by atoms with van der Waals surface area (Å²) in [5, 5.41) is 0.992. The molecule has 0 aliphatic carbocycles. The van der Waals surface area contributed by atoms with E-state index in [1.807, 2.05) is 42.5 Å². The van der Waals surface area contributed by atoms with Crippen LogP contribution in [0.3, 0.4) is 0 Å². The van der Waals surface area contributed by atoms with Gasteiger partial charge in [0.25, 0.3) is 0 Å². The van der Waals surface area contributed by atoms with E-state index in [1.54, 1.807) is 0 Å². The molecule has 0 aliphatic rings. The van der Waals surface area contributed by atoms with Crippen LogP contribution in [0.2, 0.25) is 0 Å². The van der Waals surface area contributed by atoms with Crippen LogP contribution in [-0.2, 0) is 0 Å². The van der Waals surface area contributed by atoms with E-state index in [4.69, 9.17) is 4.42 Å². The van der Waals surface area contributed by atoms with Crippen molar-refractivity contribution < 1.29 is 4.42 Å². The molecular weight excluding hydrogens is 292 g/mol. The Labute approximate surface area is 111 Å². The second-order valence-electron chi connectivity index (χ2n) is 4.11. The zero-order valence-corrected chi connectivity index (χ0v) is 10.8. The van der Waals surface area contributed by atoms with E-state index in [1.165, 1.54) is 0 Å². The summed E-state index contributed by atoms with van der Waals surface area (Å²) in [5.74, 6) is 0. The molecule has 0 atom stereocenters. The van der Waals surface area contributed by atoms with Gasteiger partial charge in [0.2, 0.25) is 5.71 Å². The van der Waals surface area contributed by atoms with Gasteiger partial charge >= 0.3 is 0 Å². The maximum Gasteiger partial charge on any atom is 0.246 e. The highest BCUT2D eigenvalue weighted by atomic mass is 79.9. The van der Waals surface area contributed by atoms with Crippen LogP contribution >= 0.6 is 15.9 Å². The monoisotopic (exact) mass is 298 g/mol. The van der Waals surface area contributed by atoms with Crippen LogP contribution in [0.1, 0.15) is 0 Å². The highest BCUT2D eigenvalue weighted by Crippen LogP contribution is 2.29. The molecule has 18 heavy (non-hydrogen) atoms. The van der Waals surface area contributed by atoms with Gasteiger partial charge in [0.05, 0.1) is 11.0 Å². The zero-order valence-electron chi connectivity index (χ0n) is 9.22. The van der Waals surface area contributed by atoms with Gasteiger partial charge in [-0.15, -0.1) is 0 Å². The third-order valence-electron chi connectivity index (χ3n) is 2.94. The molecule has 4 aromatic rings. The lowest BCUT2D eigenvalue weighted by atomic mass is 10.2. The number of fused-ring (bicyclic) bond motifs is 4. The van der Waals surface area contributed by atoms with Crippen LogP contribution in [0.4, 0.5) is 0 Å². The van der Waals surface area contributed by atoms with E-state index in [2.05, 4.69) is 25.9 Å². The Balaban J connectivity index is 2.23. The number of furan rings is 1. The van der Waals surface area contributed by atoms with Crippen molar-refractivity contribution in [3.8, 4) is 0 Å². The lowest BCUT2D eigenvalue weighted by Crippen LogP contribution is -1.83. The molecule has 86 valence electrons. The minimum atomic E-state index is 0.585. The van der Waals surface area contributed by atoms with Crippen LogP contribution in [0.5, 0.6) is 0 Å². The lowest BCUT2D eigenvalue weighted by molar-refractivity contribution is 0.655. The van der Waals surface area contributed by atoms with Gasteiger partial charge in [-0.3, -0.25) is 0 Å². The normalized spacial score (nSPS) is 11.6. The van der Waals surface area contributed by atoms with Crippen molar-refractivity contribution in [2.45, 2.75) is 0 Å². The van der Waals surface area contributed by atoms with Crippen molar-refractivity contribution >= 4 is 49.2 Å². The highest BCUT2D eigenvalue weighted by Gasteiger charge is 2.10. The van der Waals surface area contributed by atoms with Gasteiger partial charge in [-0.05, 0) is 30.3 Å². The first-order chi connectivity index (χ1) is 8.81. The molecule has 0 N–H and O–H groups in total. The molecule has 3 nitrogen and oxygen atoms in total. The summed E-state index contributed by atoms with van der Waals surface area (Å²) in [7, 11) is 0. The predicted octanol–water partition coefficient (Wildman–Crippen LogP) is 4.29. The van der Waals surface area contributed by atoms with Crippen molar-refractivity contribution in [1.29, 1.82) is 0 Å². The molecular formula is C14H7BrN2O. The van der Waals surface area contributed by atoms with Gasteiger partial charge in [0.15, 0.2) is 0 Å². The van der Waals surface area contributed by atoms with Crippen molar-refractivity contribution in [1.82, 2.24) is 9.97 Å². The summed E-state index contributed by atoms with van der Waals surface area (Å²) in [6.45, 7) is 0. The molecule has 0 radical (unpaired) electrons. The molecule has 0 saturated carbocycles. The van der Waals surface area contributed by atoms with E-state index in [-0.39, 0.29) is 0 Å². The molecule has 0 fully saturated rings. The molecule has 0 aliphatic heterocycles. The second kappa shape index (κ2) is 3.53. The molecule has 0 amide bonds. The number of benzene rings is 2. The van der Waals surface area contributed by atoms with Crippen molar-refractivity contribution in [3.63, 3.8) is 0 Å². The van der Waals surface area contributed by atoms with Crippen LogP contribution in [0.25, 0.3) is 33.2 Å². The molecule has 2 aromatic heterocycles. The summed E-state index contributed by atoms with van der Waals surface area (Å²) in [4.78, 5) is 9.12. The SMILES string of the molecule is Brc1ccc2c(c1)oc1nc3ccccc3nc12. The zero-order chi connectivity index (χ0) is 12.1. The van der Waals surface area contributed by atoms with Gasteiger partial charge < -0.3 is 4.42 Å². The quantitative estimate of drug-likeness (QED) is 0.486. The second-order valence-corrected chi connectivity index (χ2v) is 5.02. The Kier molecular flexibility index (Phi) is 1.96. The van der Waals surface area contributed by atoms with E-state index in [0.717, 1.165) is 32.0 Å². The average Bonchev–Trinajstić information content (AvgIpc) is 2.72. The third kappa shape index (κ3) is 1.36. The molecule has 0 unspecified atom stereocenters. The Morgan fingerprint density at radius 3 is 2.56 bits per heavy atom. The van der Waals surface area contributed by atoms with Crippen LogP contribution in [0, 0.1) is 0 Å². The van der Waals surface area contributed by atoms with Gasteiger partial charge in [-0.25, -0.2) is 9.97 Å². The average molecular weight is 299 g/mol. The largest absolute Gasteiger partial charge is 0.436 e. The maximum absolute atomic E-state index is 5.74. The Hall–Kier alpha value is -1.94. The Morgan fingerprint density at radius 1 is 0.944 bits per heavy atom. The first-order valence-corrected chi connectivity index (χ1v) is 6.35. The highest BCUT2D eigenvalue weighted by molar-refractivity contribution is 9.10. The summed E-state index contributed by atoms with van der Waals surface area (Å²) in [6.07, 6.45) is 0. The predicted molar refractivity (Wildman–Crippen MR) is 74.5 cm³/mol. The molecule has 2 heterocycles. The molecule has 0 spiro atoms. The molecule has 4 rings (SSSR count). The molecule has 2 aromatic carbocycles. The van der Waals surface area contributed by atoms with Crippen LogP contribution in [-0.4, -0.2) is 9.97 Å². The van der Waals surface area contributed by atoms with Gasteiger partial charge in [0.1, 0.15) is 11.1 Å². The number of nitrogens with zero attached hydrogens (tertiary/aromatic N) is 2. The third-order valence-corrected chi connectivity index (χ3v) is 3.44. The summed E-state index contributed by atoms with van der Waals surface area (Å²) in [6, 6.07) is 13.7. The minimum Gasteiger partial charge on any atom is -0.436 e. The number of para-hydroxylation sites is 2. The molecule has 0 bridgehead atoms. The number of aromatic nitrogens is 2. The lowest BCUT2D eigenvalue weighted by Gasteiger charge is -1.94. The van der Waals surface area contributed by atoms with E-state index < -0.39 is 0 Å². The standard InChI is InChI=1S/C14H7BrN2O/c15-8-5-6-9-12(7-8)18-14-13(9)16-10-3-1-2-4-11(10)17-14/h1-7H. The summed E-state index contributed by atoms with van der Waals surface area (Å²) >= 11 is 3.43. The number of halogens is 1. The fraction of sp³-hybridized carbons (Fsp3) is 0. The van der Waals surface area contributed by atoms with E-state index in [9.17, 15) is 0 Å². The van der Waals surface area contributed by atoms with Crippen LogP contribution < -0.4 is 0 Å². The van der Waals surface area contributed by atoms with Crippen LogP contribution in [0.15, 0.2) is 51.4 Å². The smallest absolute Gasteiger partial charge is 0.246 e. The fourth-order valence-corrected chi connectivity index (χ4v) is 2.45. The van der Waals surface area contributed by atoms with Gasteiger partial charge in [-0.2, -0.15) is 0 Å². The Bertz CT molecular complexity index is 898. The van der Waals surface area contributed by atoms with Crippen molar-refractivity contribution in [2.24, 2.45) is 0 Å². The summed E-state index contributed by atoms with van der Waals surface area (Å²) < 4.78 is 6.72. The summed E-state index contributed by atoms with van der Waals surface area (Å²) in [5.41, 5.74) is 3.94. The molecule has 0 saturated heterocycles. The first kappa shape index (κ1) is 10.0. The Morgan fingerprint density at radius 2 is 1.72 bits per heavy atom. The maximum atomic E-state index is 5.74. The van der Waals surface area contributed by atoms with E-state index in [0.29, 0.717) is 5.71 Å². The molecule has 4 heteroatoms. The van der Waals surface area contributed by atoms with Gasteiger partial charge in [-0.1, -0.05) is 28.1 Å². The van der Waals surface area contributed by atoms with E-state index >= 15 is 0 Å². The fourth-order valence-electron chi connectivity index (χ4n) is 2.11. The number of hydrogen-bond donors (Lipinski definition) is 0.